The van der Waals surface area contributed by atoms with Gasteiger partial charge in [0.1, 0.15) is 11.6 Å². The van der Waals surface area contributed by atoms with E-state index < -0.39 is 0 Å². The van der Waals surface area contributed by atoms with Crippen LogP contribution in [0.15, 0.2) is 47.6 Å². The number of rotatable bonds is 5. The summed E-state index contributed by atoms with van der Waals surface area (Å²) in [6.45, 7) is 6.19. The normalized spacial score (nSPS) is 15.1. The molecule has 0 aliphatic carbocycles. The number of likely N-dealkylation sites (N-methyl/N-ethyl adjacent to an activating group) is 1. The molecule has 0 saturated carbocycles. The second kappa shape index (κ2) is 8.07. The summed E-state index contributed by atoms with van der Waals surface area (Å²) >= 11 is 0. The number of amides is 1. The number of fused-ring (bicyclic) bond motifs is 1. The van der Waals surface area contributed by atoms with Crippen molar-refractivity contribution in [3.05, 3.63) is 65.0 Å². The van der Waals surface area contributed by atoms with Crippen LogP contribution in [-0.2, 0) is 11.2 Å². The molecule has 0 unspecified atom stereocenters. The third-order valence-electron chi connectivity index (χ3n) is 5.25. The van der Waals surface area contributed by atoms with Gasteiger partial charge in [0, 0.05) is 23.9 Å². The molecule has 0 bridgehead atoms. The van der Waals surface area contributed by atoms with Gasteiger partial charge in [0.25, 0.3) is 0 Å². The number of allylic oxidation sites excluding steroid dienone is 1. The first-order chi connectivity index (χ1) is 13.7. The van der Waals surface area contributed by atoms with E-state index in [1.807, 2.05) is 26.1 Å². The number of halogens is 1. The molecule has 5 nitrogen and oxygen atoms in total. The molecule has 1 heterocycles. The lowest BCUT2D eigenvalue weighted by Gasteiger charge is -2.40. The number of hydrogen-bond acceptors (Lipinski definition) is 4. The zero-order valence-corrected chi connectivity index (χ0v) is 17.4. The van der Waals surface area contributed by atoms with Gasteiger partial charge < -0.3 is 9.64 Å². The number of ether oxygens (including phenoxy) is 1. The van der Waals surface area contributed by atoms with E-state index in [9.17, 15) is 9.18 Å². The lowest BCUT2D eigenvalue weighted by atomic mass is 9.88. The number of hydrazone groups is 1. The fourth-order valence-electron chi connectivity index (χ4n) is 3.43. The molecule has 152 valence electrons. The lowest BCUT2D eigenvalue weighted by molar-refractivity contribution is -0.120. The quantitative estimate of drug-likeness (QED) is 0.611. The first-order valence-electron chi connectivity index (χ1n) is 9.43. The lowest BCUT2D eigenvalue weighted by Crippen LogP contribution is -2.42. The van der Waals surface area contributed by atoms with Crippen LogP contribution < -0.4 is 15.1 Å². The van der Waals surface area contributed by atoms with Gasteiger partial charge >= 0.3 is 0 Å². The highest BCUT2D eigenvalue weighted by molar-refractivity contribution is 5.89. The first kappa shape index (κ1) is 20.6. The van der Waals surface area contributed by atoms with Gasteiger partial charge in [-0.2, -0.15) is 5.10 Å². The van der Waals surface area contributed by atoms with Gasteiger partial charge in [-0.15, -0.1) is 0 Å². The molecule has 29 heavy (non-hydrogen) atoms. The summed E-state index contributed by atoms with van der Waals surface area (Å²) in [4.78, 5) is 14.1. The number of nitrogens with one attached hydrogen (secondary N) is 1. The number of benzene rings is 2. The van der Waals surface area contributed by atoms with Crippen molar-refractivity contribution >= 4 is 23.4 Å². The van der Waals surface area contributed by atoms with E-state index in [0.29, 0.717) is 5.56 Å². The van der Waals surface area contributed by atoms with E-state index in [1.165, 1.54) is 12.3 Å². The second-order valence-corrected chi connectivity index (χ2v) is 7.75. The predicted octanol–water partition coefficient (Wildman–Crippen LogP) is 4.16. The highest BCUT2D eigenvalue weighted by atomic mass is 19.1. The standard InChI is InChI=1S/C23H26FN3O2/c1-15-13-23(2,3)27(4)21-12-20(24)17(11-19(15)21)14-25-26-22(28)10-16-6-8-18(29-5)9-7-16/h6-9,11-14H,10H2,1-5H3,(H,26,28)/b25-14+. The minimum absolute atomic E-state index is 0.176. The van der Waals surface area contributed by atoms with Crippen molar-refractivity contribution in [1.82, 2.24) is 5.43 Å². The van der Waals surface area contributed by atoms with Gasteiger partial charge in [0.15, 0.2) is 0 Å². The maximum absolute atomic E-state index is 14.6. The van der Waals surface area contributed by atoms with E-state index in [-0.39, 0.29) is 23.7 Å². The van der Waals surface area contributed by atoms with Crippen LogP contribution in [0.25, 0.3) is 5.57 Å². The molecule has 1 N–H and O–H groups in total. The Morgan fingerprint density at radius 2 is 1.97 bits per heavy atom. The molecule has 1 amide bonds. The minimum atomic E-state index is -0.380. The molecule has 0 spiro atoms. The van der Waals surface area contributed by atoms with Gasteiger partial charge in [0.05, 0.1) is 25.3 Å². The molecule has 2 aromatic carbocycles. The number of nitrogens with zero attached hydrogens (tertiary/aromatic N) is 2. The van der Waals surface area contributed by atoms with Crippen molar-refractivity contribution in [3.63, 3.8) is 0 Å². The summed E-state index contributed by atoms with van der Waals surface area (Å²) in [5.74, 6) is 0.0741. The van der Waals surface area contributed by atoms with Crippen LogP contribution in [0.5, 0.6) is 5.75 Å². The summed E-state index contributed by atoms with van der Waals surface area (Å²) < 4.78 is 19.7. The molecule has 0 radical (unpaired) electrons. The highest BCUT2D eigenvalue weighted by Crippen LogP contribution is 2.38. The van der Waals surface area contributed by atoms with E-state index >= 15 is 0 Å². The van der Waals surface area contributed by atoms with Gasteiger partial charge in [-0.05, 0) is 56.2 Å². The van der Waals surface area contributed by atoms with E-state index in [0.717, 1.165) is 28.1 Å². The first-order valence-corrected chi connectivity index (χ1v) is 9.43. The van der Waals surface area contributed by atoms with Crippen LogP contribution in [0.1, 0.15) is 37.5 Å². The van der Waals surface area contributed by atoms with Crippen molar-refractivity contribution < 1.29 is 13.9 Å². The maximum atomic E-state index is 14.6. The van der Waals surface area contributed by atoms with Crippen LogP contribution in [0.2, 0.25) is 0 Å². The van der Waals surface area contributed by atoms with Gasteiger partial charge in [-0.25, -0.2) is 9.82 Å². The molecule has 0 saturated heterocycles. The Morgan fingerprint density at radius 3 is 2.62 bits per heavy atom. The monoisotopic (exact) mass is 395 g/mol. The minimum Gasteiger partial charge on any atom is -0.497 e. The van der Waals surface area contributed by atoms with Crippen LogP contribution >= 0.6 is 0 Å². The number of hydrogen-bond donors (Lipinski definition) is 1. The topological polar surface area (TPSA) is 53.9 Å². The van der Waals surface area contributed by atoms with Crippen LogP contribution in [0.3, 0.4) is 0 Å². The van der Waals surface area contributed by atoms with E-state index in [1.54, 1.807) is 25.3 Å². The fraction of sp³-hybridized carbons (Fsp3) is 0.304. The number of methoxy groups -OCH3 is 1. The molecule has 6 heteroatoms. The summed E-state index contributed by atoms with van der Waals surface area (Å²) in [5.41, 5.74) is 6.32. The number of anilines is 1. The Bertz CT molecular complexity index is 978. The molecule has 2 aromatic rings. The summed E-state index contributed by atoms with van der Waals surface area (Å²) in [6.07, 6.45) is 3.68. The van der Waals surface area contributed by atoms with E-state index in [2.05, 4.69) is 35.4 Å². The van der Waals surface area contributed by atoms with Crippen LogP contribution in [-0.4, -0.2) is 31.8 Å². The number of carbonyl (C=O) groups is 1. The van der Waals surface area contributed by atoms with Crippen molar-refractivity contribution in [2.75, 3.05) is 19.1 Å². The smallest absolute Gasteiger partial charge is 0.244 e. The fourth-order valence-corrected chi connectivity index (χ4v) is 3.43. The largest absolute Gasteiger partial charge is 0.497 e. The Labute approximate surface area is 170 Å². The summed E-state index contributed by atoms with van der Waals surface area (Å²) in [6, 6.07) is 10.5. The Hall–Kier alpha value is -3.15. The zero-order chi connectivity index (χ0) is 21.2. The van der Waals surface area contributed by atoms with Crippen molar-refractivity contribution in [2.24, 2.45) is 5.10 Å². The van der Waals surface area contributed by atoms with Gasteiger partial charge in [-0.1, -0.05) is 18.2 Å². The molecular weight excluding hydrogens is 369 g/mol. The summed E-state index contributed by atoms with van der Waals surface area (Å²) in [5, 5.41) is 3.93. The Kier molecular flexibility index (Phi) is 5.73. The average molecular weight is 395 g/mol. The third kappa shape index (κ3) is 4.47. The summed E-state index contributed by atoms with van der Waals surface area (Å²) in [7, 11) is 3.54. The molecule has 0 atom stereocenters. The zero-order valence-electron chi connectivity index (χ0n) is 17.4. The SMILES string of the molecule is COc1ccc(CC(=O)N/N=C/c2cc3c(cc2F)N(C)C(C)(C)C=C3C)cc1. The van der Waals surface area contributed by atoms with Gasteiger partial charge in [0.2, 0.25) is 5.91 Å². The molecule has 3 rings (SSSR count). The molecule has 0 aromatic heterocycles. The molecular formula is C23H26FN3O2. The van der Waals surface area contributed by atoms with Crippen LogP contribution in [0.4, 0.5) is 10.1 Å². The second-order valence-electron chi connectivity index (χ2n) is 7.75. The molecule has 0 fully saturated rings. The molecule has 1 aliphatic heterocycles. The third-order valence-corrected chi connectivity index (χ3v) is 5.25. The van der Waals surface area contributed by atoms with Crippen molar-refractivity contribution in [3.8, 4) is 5.75 Å². The highest BCUT2D eigenvalue weighted by Gasteiger charge is 2.29. The van der Waals surface area contributed by atoms with Crippen molar-refractivity contribution in [1.29, 1.82) is 0 Å². The van der Waals surface area contributed by atoms with E-state index in [4.69, 9.17) is 4.74 Å². The van der Waals surface area contributed by atoms with Gasteiger partial charge in [-0.3, -0.25) is 4.79 Å². The number of carbonyl (C=O) groups excluding carboxylic acids is 1. The predicted molar refractivity (Wildman–Crippen MR) is 115 cm³/mol. The molecule has 1 aliphatic rings. The maximum Gasteiger partial charge on any atom is 0.244 e. The Morgan fingerprint density at radius 1 is 1.28 bits per heavy atom. The Balaban J connectivity index is 1.71. The van der Waals surface area contributed by atoms with Crippen LogP contribution in [0, 0.1) is 5.82 Å². The van der Waals surface area contributed by atoms with Crippen molar-refractivity contribution in [2.45, 2.75) is 32.7 Å². The average Bonchev–Trinajstić information content (AvgIpc) is 2.67.